The van der Waals surface area contributed by atoms with E-state index in [-0.39, 0.29) is 0 Å². The Morgan fingerprint density at radius 2 is 2.12 bits per heavy atom. The highest BCUT2D eigenvalue weighted by atomic mass is 32.2. The summed E-state index contributed by atoms with van der Waals surface area (Å²) in [5.74, 6) is 0.724. The van der Waals surface area contributed by atoms with Crippen LogP contribution in [-0.2, 0) is 0 Å². The van der Waals surface area contributed by atoms with Crippen molar-refractivity contribution >= 4 is 11.8 Å². The number of hydrogen-bond acceptors (Lipinski definition) is 3. The van der Waals surface area contributed by atoms with Crippen LogP contribution in [0.5, 0.6) is 0 Å². The second-order valence-electron chi connectivity index (χ2n) is 4.50. The minimum Gasteiger partial charge on any atom is -0.367 e. The maximum absolute atomic E-state index is 5.69. The molecular weight excluding hydrogens is 216 g/mol. The summed E-state index contributed by atoms with van der Waals surface area (Å²) in [6.07, 6.45) is 3.55. The van der Waals surface area contributed by atoms with E-state index in [0.29, 0.717) is 0 Å². The molecule has 1 fully saturated rings. The van der Waals surface area contributed by atoms with Crippen LogP contribution in [0.3, 0.4) is 0 Å². The molecule has 0 aromatic carbocycles. The van der Waals surface area contributed by atoms with E-state index in [1.165, 1.54) is 23.4 Å². The molecule has 1 saturated heterocycles. The van der Waals surface area contributed by atoms with Gasteiger partial charge in [-0.25, -0.2) is 0 Å². The first kappa shape index (κ1) is 13.7. The smallest absolute Gasteiger partial charge is 0.0676 e. The van der Waals surface area contributed by atoms with Crippen LogP contribution in [-0.4, -0.2) is 24.5 Å². The molecule has 2 N–H and O–H groups in total. The van der Waals surface area contributed by atoms with Gasteiger partial charge in [0.15, 0.2) is 0 Å². The number of rotatable bonds is 5. The van der Waals surface area contributed by atoms with Gasteiger partial charge in [-0.05, 0) is 44.1 Å². The maximum atomic E-state index is 5.69. The number of nitrogens with two attached hydrogens (primary N) is 1. The SMILES string of the molecule is C=C(S/C=C(\C)CC)N1CCC(CN)CC1. The number of piperidine rings is 1. The van der Waals surface area contributed by atoms with Crippen molar-refractivity contribution in [3.63, 3.8) is 0 Å². The van der Waals surface area contributed by atoms with Gasteiger partial charge < -0.3 is 10.6 Å². The number of allylic oxidation sites excluding steroid dienone is 1. The lowest BCUT2D eigenvalue weighted by Crippen LogP contribution is -2.34. The lowest BCUT2D eigenvalue weighted by Gasteiger charge is -2.33. The van der Waals surface area contributed by atoms with E-state index in [1.54, 1.807) is 11.8 Å². The van der Waals surface area contributed by atoms with Crippen LogP contribution < -0.4 is 5.73 Å². The summed E-state index contributed by atoms with van der Waals surface area (Å²) < 4.78 is 0. The number of likely N-dealkylation sites (tertiary alicyclic amines) is 1. The van der Waals surface area contributed by atoms with Crippen LogP contribution in [0, 0.1) is 5.92 Å². The summed E-state index contributed by atoms with van der Waals surface area (Å²) >= 11 is 1.76. The first-order valence-corrected chi connectivity index (χ1v) is 7.01. The summed E-state index contributed by atoms with van der Waals surface area (Å²) in [5.41, 5.74) is 7.10. The first-order valence-electron chi connectivity index (χ1n) is 6.13. The van der Waals surface area contributed by atoms with Crippen molar-refractivity contribution in [2.75, 3.05) is 19.6 Å². The second-order valence-corrected chi connectivity index (χ2v) is 5.44. The van der Waals surface area contributed by atoms with Crippen molar-refractivity contribution in [1.29, 1.82) is 0 Å². The Hall–Kier alpha value is -0.410. The molecule has 3 heteroatoms. The Bertz CT molecular complexity index is 253. The van der Waals surface area contributed by atoms with Crippen LogP contribution in [0.2, 0.25) is 0 Å². The van der Waals surface area contributed by atoms with Gasteiger partial charge >= 0.3 is 0 Å². The summed E-state index contributed by atoms with van der Waals surface area (Å²) in [5, 5.41) is 3.40. The van der Waals surface area contributed by atoms with Gasteiger partial charge in [0.05, 0.1) is 5.03 Å². The van der Waals surface area contributed by atoms with Crippen molar-refractivity contribution in [1.82, 2.24) is 4.90 Å². The van der Waals surface area contributed by atoms with Crippen molar-refractivity contribution in [3.05, 3.63) is 22.6 Å². The third-order valence-electron chi connectivity index (χ3n) is 3.25. The standard InChI is InChI=1S/C13H24N2S/c1-4-11(2)10-16-12(3)15-7-5-13(9-14)6-8-15/h10,13H,3-9,14H2,1-2H3/b11-10+. The fourth-order valence-corrected chi connectivity index (χ4v) is 2.58. The second kappa shape index (κ2) is 7.02. The molecular formula is C13H24N2S. The Kier molecular flexibility index (Phi) is 5.99. The van der Waals surface area contributed by atoms with Gasteiger partial charge in [0.25, 0.3) is 0 Å². The number of hydrogen-bond donors (Lipinski definition) is 1. The van der Waals surface area contributed by atoms with Crippen LogP contribution in [0.15, 0.2) is 22.6 Å². The van der Waals surface area contributed by atoms with Gasteiger partial charge in [-0.15, -0.1) is 0 Å². The van der Waals surface area contributed by atoms with Crippen LogP contribution in [0.4, 0.5) is 0 Å². The van der Waals surface area contributed by atoms with Gasteiger partial charge in [-0.2, -0.15) is 0 Å². The predicted octanol–water partition coefficient (Wildman–Crippen LogP) is 3.18. The zero-order valence-corrected chi connectivity index (χ0v) is 11.4. The minimum absolute atomic E-state index is 0.724. The lowest BCUT2D eigenvalue weighted by atomic mass is 9.97. The fraction of sp³-hybridized carbons (Fsp3) is 0.692. The molecule has 2 nitrogen and oxygen atoms in total. The number of nitrogens with zero attached hydrogens (tertiary/aromatic N) is 1. The molecule has 0 aromatic heterocycles. The molecule has 0 aliphatic carbocycles. The monoisotopic (exact) mass is 240 g/mol. The summed E-state index contributed by atoms with van der Waals surface area (Å²) in [7, 11) is 0. The lowest BCUT2D eigenvalue weighted by molar-refractivity contribution is 0.243. The van der Waals surface area contributed by atoms with Crippen LogP contribution in [0.25, 0.3) is 0 Å². The van der Waals surface area contributed by atoms with Gasteiger partial charge in [-0.1, -0.05) is 30.8 Å². The van der Waals surface area contributed by atoms with Gasteiger partial charge in [0.2, 0.25) is 0 Å². The largest absolute Gasteiger partial charge is 0.367 e. The molecule has 1 heterocycles. The fourth-order valence-electron chi connectivity index (χ4n) is 1.74. The Labute approximate surface area is 104 Å². The minimum atomic E-state index is 0.724. The average molecular weight is 240 g/mol. The Balaban J connectivity index is 2.33. The average Bonchev–Trinajstić information content (AvgIpc) is 2.35. The molecule has 0 atom stereocenters. The molecule has 1 aliphatic rings. The molecule has 16 heavy (non-hydrogen) atoms. The normalized spacial score (nSPS) is 18.9. The van der Waals surface area contributed by atoms with Gasteiger partial charge in [0, 0.05) is 13.1 Å². The van der Waals surface area contributed by atoms with E-state index in [9.17, 15) is 0 Å². The zero-order chi connectivity index (χ0) is 12.0. The molecule has 0 unspecified atom stereocenters. The Morgan fingerprint density at radius 3 is 2.62 bits per heavy atom. The third-order valence-corrected chi connectivity index (χ3v) is 4.30. The Morgan fingerprint density at radius 1 is 1.50 bits per heavy atom. The van der Waals surface area contributed by atoms with Gasteiger partial charge in [-0.3, -0.25) is 0 Å². The summed E-state index contributed by atoms with van der Waals surface area (Å²) in [6.45, 7) is 11.6. The molecule has 0 saturated carbocycles. The molecule has 0 amide bonds. The molecule has 1 rings (SSSR count). The summed E-state index contributed by atoms with van der Waals surface area (Å²) in [4.78, 5) is 2.39. The van der Waals surface area contributed by atoms with Crippen molar-refractivity contribution in [3.8, 4) is 0 Å². The van der Waals surface area contributed by atoms with E-state index >= 15 is 0 Å². The van der Waals surface area contributed by atoms with Gasteiger partial charge in [0.1, 0.15) is 0 Å². The maximum Gasteiger partial charge on any atom is 0.0676 e. The topological polar surface area (TPSA) is 29.3 Å². The molecule has 0 radical (unpaired) electrons. The van der Waals surface area contributed by atoms with Crippen LogP contribution in [0.1, 0.15) is 33.1 Å². The molecule has 0 bridgehead atoms. The van der Waals surface area contributed by atoms with Crippen molar-refractivity contribution < 1.29 is 0 Å². The third kappa shape index (κ3) is 4.22. The summed E-state index contributed by atoms with van der Waals surface area (Å²) in [6, 6.07) is 0. The van der Waals surface area contributed by atoms with E-state index in [0.717, 1.165) is 32.0 Å². The quantitative estimate of drug-likeness (QED) is 0.800. The van der Waals surface area contributed by atoms with E-state index in [1.807, 2.05) is 0 Å². The number of thioether (sulfide) groups is 1. The highest BCUT2D eigenvalue weighted by Gasteiger charge is 2.18. The highest BCUT2D eigenvalue weighted by Crippen LogP contribution is 2.26. The molecule has 1 aliphatic heterocycles. The van der Waals surface area contributed by atoms with Crippen molar-refractivity contribution in [2.24, 2.45) is 11.7 Å². The highest BCUT2D eigenvalue weighted by molar-refractivity contribution is 8.05. The van der Waals surface area contributed by atoms with E-state index in [4.69, 9.17) is 5.73 Å². The van der Waals surface area contributed by atoms with E-state index in [2.05, 4.69) is 30.7 Å². The molecule has 0 aromatic rings. The molecule has 0 spiro atoms. The molecule has 92 valence electrons. The van der Waals surface area contributed by atoms with E-state index < -0.39 is 0 Å². The first-order chi connectivity index (χ1) is 7.67. The van der Waals surface area contributed by atoms with Crippen molar-refractivity contribution in [2.45, 2.75) is 33.1 Å². The van der Waals surface area contributed by atoms with Crippen LogP contribution >= 0.6 is 11.8 Å². The predicted molar refractivity (Wildman–Crippen MR) is 74.1 cm³/mol. The zero-order valence-electron chi connectivity index (χ0n) is 10.5.